The molecule has 0 bridgehead atoms. The third kappa shape index (κ3) is 3.75. The summed E-state index contributed by atoms with van der Waals surface area (Å²) in [6.07, 6.45) is -0.000277. The number of aromatic nitrogens is 1. The molecule has 0 aliphatic carbocycles. The Morgan fingerprint density at radius 1 is 1.19 bits per heavy atom. The Hall–Kier alpha value is -3.03. The van der Waals surface area contributed by atoms with Crippen molar-refractivity contribution < 1.29 is 19.1 Å². The zero-order valence-electron chi connectivity index (χ0n) is 18.6. The van der Waals surface area contributed by atoms with E-state index in [1.54, 1.807) is 0 Å². The average Bonchev–Trinajstić information content (AvgIpc) is 3.23. The minimum absolute atomic E-state index is 0.0288. The molecule has 2 fully saturated rings. The van der Waals surface area contributed by atoms with E-state index in [-0.39, 0.29) is 11.3 Å². The van der Waals surface area contributed by atoms with Gasteiger partial charge in [-0.2, -0.15) is 0 Å². The topological polar surface area (TPSA) is 90.1 Å². The minimum atomic E-state index is -0.934. The fourth-order valence-corrected chi connectivity index (χ4v) is 4.47. The van der Waals surface area contributed by atoms with E-state index in [1.165, 1.54) is 4.90 Å². The maximum atomic E-state index is 13.7. The van der Waals surface area contributed by atoms with Gasteiger partial charge in [0.1, 0.15) is 17.0 Å². The molecule has 4 rings (SSSR count). The summed E-state index contributed by atoms with van der Waals surface area (Å²) in [5.74, 6) is 1.42. The van der Waals surface area contributed by atoms with Gasteiger partial charge in [0.05, 0.1) is 13.2 Å². The molecule has 0 unspecified atom stereocenters. The van der Waals surface area contributed by atoms with Gasteiger partial charge in [0.2, 0.25) is 5.91 Å². The SMILES string of the molecule is Cc1oc(C(C)(C)C)nc1CN1CN(c2ccccc2)C2(CCN(C(=O)O)CC2)C1=O. The number of likely N-dealkylation sites (tertiary alicyclic amines) is 1. The van der Waals surface area contributed by atoms with Gasteiger partial charge in [-0.05, 0) is 31.9 Å². The van der Waals surface area contributed by atoms with Gasteiger partial charge in [-0.3, -0.25) is 4.79 Å². The Morgan fingerprint density at radius 2 is 1.84 bits per heavy atom. The van der Waals surface area contributed by atoms with E-state index >= 15 is 0 Å². The highest BCUT2D eigenvalue weighted by atomic mass is 16.4. The average molecular weight is 427 g/mol. The van der Waals surface area contributed by atoms with E-state index < -0.39 is 11.6 Å². The van der Waals surface area contributed by atoms with Gasteiger partial charge < -0.3 is 24.2 Å². The van der Waals surface area contributed by atoms with Crippen LogP contribution in [0.3, 0.4) is 0 Å². The van der Waals surface area contributed by atoms with Crippen molar-refractivity contribution in [1.29, 1.82) is 0 Å². The van der Waals surface area contributed by atoms with Gasteiger partial charge >= 0.3 is 6.09 Å². The van der Waals surface area contributed by atoms with Crippen LogP contribution in [0.4, 0.5) is 10.5 Å². The van der Waals surface area contributed by atoms with Gasteiger partial charge in [0.15, 0.2) is 5.89 Å². The summed E-state index contributed by atoms with van der Waals surface area (Å²) in [4.78, 5) is 35.2. The number of carbonyl (C=O) groups excluding carboxylic acids is 1. The van der Waals surface area contributed by atoms with Crippen molar-refractivity contribution in [2.75, 3.05) is 24.7 Å². The summed E-state index contributed by atoms with van der Waals surface area (Å²) in [5.41, 5.74) is 0.789. The highest BCUT2D eigenvalue weighted by Crippen LogP contribution is 2.40. The number of hydrogen-bond donors (Lipinski definition) is 1. The first-order valence-corrected chi connectivity index (χ1v) is 10.7. The summed E-state index contributed by atoms with van der Waals surface area (Å²) < 4.78 is 5.88. The standard InChI is InChI=1S/C23H30N4O4/c1-16-18(24-19(31-16)22(2,3)4)14-26-15-27(17-8-6-5-7-9-17)23(20(26)28)10-12-25(13-11-23)21(29)30/h5-9H,10-15H2,1-4H3,(H,29,30). The molecule has 1 spiro atoms. The van der Waals surface area contributed by atoms with Crippen molar-refractivity contribution in [3.63, 3.8) is 0 Å². The second-order valence-corrected chi connectivity index (χ2v) is 9.48. The highest BCUT2D eigenvalue weighted by Gasteiger charge is 2.54. The molecule has 3 heterocycles. The summed E-state index contributed by atoms with van der Waals surface area (Å²) in [6, 6.07) is 9.87. The molecular weight excluding hydrogens is 396 g/mol. The number of carbonyl (C=O) groups is 2. The van der Waals surface area contributed by atoms with Crippen LogP contribution in [0.1, 0.15) is 51.0 Å². The van der Waals surface area contributed by atoms with Gasteiger partial charge in [-0.25, -0.2) is 9.78 Å². The number of aryl methyl sites for hydroxylation is 1. The Labute approximate surface area is 182 Å². The fourth-order valence-electron chi connectivity index (χ4n) is 4.47. The number of benzene rings is 1. The van der Waals surface area contributed by atoms with Gasteiger partial charge in [-0.1, -0.05) is 39.0 Å². The largest absolute Gasteiger partial charge is 0.465 e. The molecule has 1 N–H and O–H groups in total. The Kier molecular flexibility index (Phi) is 5.19. The van der Waals surface area contributed by atoms with Crippen molar-refractivity contribution in [1.82, 2.24) is 14.8 Å². The first kappa shape index (κ1) is 21.2. The molecule has 2 saturated heterocycles. The van der Waals surface area contributed by atoms with Crippen LogP contribution < -0.4 is 4.90 Å². The zero-order chi connectivity index (χ0) is 22.4. The first-order valence-electron chi connectivity index (χ1n) is 10.7. The maximum Gasteiger partial charge on any atom is 0.407 e. The van der Waals surface area contributed by atoms with Crippen LogP contribution in [0.2, 0.25) is 0 Å². The van der Waals surface area contributed by atoms with E-state index in [4.69, 9.17) is 4.42 Å². The Balaban J connectivity index is 1.64. The van der Waals surface area contributed by atoms with Crippen LogP contribution in [0, 0.1) is 6.92 Å². The van der Waals surface area contributed by atoms with Crippen LogP contribution >= 0.6 is 0 Å². The molecular formula is C23H30N4O4. The van der Waals surface area contributed by atoms with E-state index in [9.17, 15) is 14.7 Å². The van der Waals surface area contributed by atoms with E-state index in [0.29, 0.717) is 45.0 Å². The van der Waals surface area contributed by atoms with Crippen molar-refractivity contribution in [3.8, 4) is 0 Å². The number of anilines is 1. The second-order valence-electron chi connectivity index (χ2n) is 9.48. The molecule has 0 saturated carbocycles. The van der Waals surface area contributed by atoms with Crippen molar-refractivity contribution >= 4 is 17.7 Å². The van der Waals surface area contributed by atoms with Crippen molar-refractivity contribution in [3.05, 3.63) is 47.7 Å². The Morgan fingerprint density at radius 3 is 2.39 bits per heavy atom. The number of carboxylic acid groups (broad SMARTS) is 1. The first-order chi connectivity index (χ1) is 14.6. The molecule has 1 aromatic heterocycles. The molecule has 2 aliphatic rings. The molecule has 1 aromatic carbocycles. The number of para-hydroxylation sites is 1. The van der Waals surface area contributed by atoms with Crippen molar-refractivity contribution in [2.45, 2.75) is 58.0 Å². The number of piperidine rings is 1. The van der Waals surface area contributed by atoms with Crippen LogP contribution in [0.25, 0.3) is 0 Å². The van der Waals surface area contributed by atoms with Crippen LogP contribution in [-0.4, -0.2) is 57.2 Å². The zero-order valence-corrected chi connectivity index (χ0v) is 18.6. The lowest BCUT2D eigenvalue weighted by atomic mass is 9.85. The fraction of sp³-hybridized carbons (Fsp3) is 0.522. The monoisotopic (exact) mass is 426 g/mol. The Bertz CT molecular complexity index is 971. The van der Waals surface area contributed by atoms with Gasteiger partial charge in [-0.15, -0.1) is 0 Å². The van der Waals surface area contributed by atoms with Gasteiger partial charge in [0.25, 0.3) is 0 Å². The molecule has 8 nitrogen and oxygen atoms in total. The summed E-state index contributed by atoms with van der Waals surface area (Å²) in [7, 11) is 0. The molecule has 0 atom stereocenters. The second kappa shape index (κ2) is 7.59. The van der Waals surface area contributed by atoms with Crippen LogP contribution in [-0.2, 0) is 16.8 Å². The number of nitrogens with zero attached hydrogens (tertiary/aromatic N) is 4. The molecule has 2 aromatic rings. The highest BCUT2D eigenvalue weighted by molar-refractivity contribution is 5.93. The number of oxazole rings is 1. The van der Waals surface area contributed by atoms with Crippen molar-refractivity contribution in [2.24, 2.45) is 0 Å². The molecule has 31 heavy (non-hydrogen) atoms. The minimum Gasteiger partial charge on any atom is -0.465 e. The molecule has 0 radical (unpaired) electrons. The molecule has 2 aliphatic heterocycles. The van der Waals surface area contributed by atoms with Crippen LogP contribution in [0.5, 0.6) is 0 Å². The number of amides is 2. The van der Waals surface area contributed by atoms with Crippen LogP contribution in [0.15, 0.2) is 34.7 Å². The lowest BCUT2D eigenvalue weighted by molar-refractivity contribution is -0.134. The normalized spacial score (nSPS) is 18.8. The summed E-state index contributed by atoms with van der Waals surface area (Å²) in [6.45, 7) is 9.52. The van der Waals surface area contributed by atoms with Gasteiger partial charge in [0, 0.05) is 24.2 Å². The maximum absolute atomic E-state index is 13.7. The predicted octanol–water partition coefficient (Wildman–Crippen LogP) is 3.60. The quantitative estimate of drug-likeness (QED) is 0.807. The predicted molar refractivity (Wildman–Crippen MR) is 116 cm³/mol. The smallest absolute Gasteiger partial charge is 0.407 e. The molecule has 8 heteroatoms. The molecule has 166 valence electrons. The van der Waals surface area contributed by atoms with E-state index in [1.807, 2.05) is 62.9 Å². The third-order valence-electron chi connectivity index (χ3n) is 6.32. The number of rotatable bonds is 3. The lowest BCUT2D eigenvalue weighted by Crippen LogP contribution is -2.57. The van der Waals surface area contributed by atoms with E-state index in [2.05, 4.69) is 9.88 Å². The molecule has 2 amide bonds. The third-order valence-corrected chi connectivity index (χ3v) is 6.32. The summed E-state index contributed by atoms with van der Waals surface area (Å²) >= 11 is 0. The summed E-state index contributed by atoms with van der Waals surface area (Å²) in [5, 5.41) is 9.36. The van der Waals surface area contributed by atoms with E-state index in [0.717, 1.165) is 17.1 Å². The number of hydrogen-bond acceptors (Lipinski definition) is 5. The lowest BCUT2D eigenvalue weighted by Gasteiger charge is -2.42.